The molecular weight excluding hydrogens is 480 g/mol. The molecule has 0 fully saturated rings. The summed E-state index contributed by atoms with van der Waals surface area (Å²) in [6, 6.07) is 19.4. The van der Waals surface area contributed by atoms with E-state index in [1.165, 1.54) is 11.0 Å². The molecule has 0 spiro atoms. The van der Waals surface area contributed by atoms with Gasteiger partial charge in [0.25, 0.3) is 0 Å². The smallest absolute Gasteiger partial charge is 0.245 e. The van der Waals surface area contributed by atoms with Crippen LogP contribution in [0.25, 0.3) is 11.3 Å². The van der Waals surface area contributed by atoms with Crippen LogP contribution in [-0.4, -0.2) is 64.9 Å². The number of imidazole rings is 1. The van der Waals surface area contributed by atoms with Crippen LogP contribution in [0, 0.1) is 5.41 Å². The van der Waals surface area contributed by atoms with Crippen molar-refractivity contribution < 1.29 is 9.90 Å². The van der Waals surface area contributed by atoms with Gasteiger partial charge in [-0.2, -0.15) is 0 Å². The maximum Gasteiger partial charge on any atom is 0.245 e. The molecule has 200 valence electrons. The van der Waals surface area contributed by atoms with E-state index in [0.717, 1.165) is 22.6 Å². The van der Waals surface area contributed by atoms with E-state index in [1.54, 1.807) is 0 Å². The second-order valence-corrected chi connectivity index (χ2v) is 10.6. The van der Waals surface area contributed by atoms with Crippen molar-refractivity contribution in [3.8, 4) is 11.3 Å². The number of aliphatic hydroxyl groups excluding tert-OH is 1. The van der Waals surface area contributed by atoms with Crippen molar-refractivity contribution in [2.45, 2.75) is 52.4 Å². The van der Waals surface area contributed by atoms with E-state index in [1.807, 2.05) is 53.4 Å². The highest BCUT2D eigenvalue weighted by molar-refractivity contribution is 5.76. The highest BCUT2D eigenvalue weighted by Gasteiger charge is 2.38. The zero-order chi connectivity index (χ0) is 27.1. The van der Waals surface area contributed by atoms with E-state index < -0.39 is 12.1 Å². The van der Waals surface area contributed by atoms with Crippen LogP contribution in [0.4, 0.5) is 0 Å². The van der Waals surface area contributed by atoms with Crippen LogP contribution < -0.4 is 5.73 Å². The maximum atomic E-state index is 13.8. The number of aliphatic hydroxyl groups is 1. The van der Waals surface area contributed by atoms with Gasteiger partial charge in [-0.05, 0) is 27.8 Å². The van der Waals surface area contributed by atoms with Crippen molar-refractivity contribution in [1.29, 1.82) is 0 Å². The van der Waals surface area contributed by atoms with Crippen molar-refractivity contribution in [3.05, 3.63) is 84.6 Å². The maximum absolute atomic E-state index is 13.8. The second-order valence-electron chi connectivity index (χ2n) is 10.6. The van der Waals surface area contributed by atoms with Gasteiger partial charge in [0.2, 0.25) is 5.91 Å². The minimum Gasteiger partial charge on any atom is -0.395 e. The number of hydrogen-bond acceptors (Lipinski definition) is 7. The minimum atomic E-state index is -0.442. The van der Waals surface area contributed by atoms with Crippen molar-refractivity contribution in [2.24, 2.45) is 11.1 Å². The van der Waals surface area contributed by atoms with E-state index in [-0.39, 0.29) is 24.5 Å². The molecule has 0 saturated carbocycles. The first-order valence-corrected chi connectivity index (χ1v) is 12.8. The van der Waals surface area contributed by atoms with Gasteiger partial charge in [-0.15, -0.1) is 5.10 Å². The summed E-state index contributed by atoms with van der Waals surface area (Å²) in [5.74, 6) is 0.626. The van der Waals surface area contributed by atoms with E-state index >= 15 is 0 Å². The fourth-order valence-corrected chi connectivity index (χ4v) is 4.57. The third-order valence-corrected chi connectivity index (χ3v) is 6.43. The molecule has 1 amide bonds. The van der Waals surface area contributed by atoms with E-state index in [4.69, 9.17) is 10.7 Å². The molecule has 0 aliphatic rings. The molecule has 0 radical (unpaired) electrons. The molecule has 0 saturated heterocycles. The summed E-state index contributed by atoms with van der Waals surface area (Å²) in [6.07, 6.45) is 3.92. The molecule has 4 aromatic rings. The number of tetrazole rings is 1. The predicted molar refractivity (Wildman–Crippen MR) is 145 cm³/mol. The van der Waals surface area contributed by atoms with Gasteiger partial charge in [-0.3, -0.25) is 4.79 Å². The van der Waals surface area contributed by atoms with Gasteiger partial charge in [0.15, 0.2) is 0 Å². The molecule has 0 aliphatic carbocycles. The fourth-order valence-electron chi connectivity index (χ4n) is 4.57. The predicted octanol–water partition coefficient (Wildman–Crippen LogP) is 2.91. The normalized spacial score (nSPS) is 13.3. The van der Waals surface area contributed by atoms with Crippen molar-refractivity contribution in [3.63, 3.8) is 0 Å². The van der Waals surface area contributed by atoms with Gasteiger partial charge in [-0.25, -0.2) is 9.67 Å². The monoisotopic (exact) mass is 516 g/mol. The molecule has 3 N–H and O–H groups in total. The molecule has 2 atom stereocenters. The van der Waals surface area contributed by atoms with E-state index in [0.29, 0.717) is 19.5 Å². The lowest BCUT2D eigenvalue weighted by atomic mass is 9.84. The van der Waals surface area contributed by atoms with Crippen LogP contribution in [0.3, 0.4) is 0 Å². The van der Waals surface area contributed by atoms with Crippen LogP contribution in [0.1, 0.15) is 44.6 Å². The number of rotatable bonds is 11. The third-order valence-electron chi connectivity index (χ3n) is 6.43. The number of nitrogens with two attached hydrogens (primary N) is 1. The molecule has 2 aromatic heterocycles. The number of carbonyl (C=O) groups is 1. The van der Waals surface area contributed by atoms with Gasteiger partial charge in [-0.1, -0.05) is 81.4 Å². The quantitative estimate of drug-likeness (QED) is 0.314. The number of amides is 1. The number of carbonyl (C=O) groups excluding carboxylic acids is 1. The molecule has 10 nitrogen and oxygen atoms in total. The molecular formula is C28H36N8O2. The van der Waals surface area contributed by atoms with Gasteiger partial charge < -0.3 is 20.3 Å². The zero-order valence-electron chi connectivity index (χ0n) is 22.2. The Morgan fingerprint density at radius 1 is 1.08 bits per heavy atom. The highest BCUT2D eigenvalue weighted by atomic mass is 16.3. The lowest BCUT2D eigenvalue weighted by Crippen LogP contribution is -2.46. The van der Waals surface area contributed by atoms with Gasteiger partial charge >= 0.3 is 0 Å². The average Bonchev–Trinajstić information content (AvgIpc) is 3.56. The van der Waals surface area contributed by atoms with Gasteiger partial charge in [0, 0.05) is 30.9 Å². The summed E-state index contributed by atoms with van der Waals surface area (Å²) in [6.45, 7) is 7.09. The summed E-state index contributed by atoms with van der Waals surface area (Å²) >= 11 is 0. The van der Waals surface area contributed by atoms with Gasteiger partial charge in [0.1, 0.15) is 18.7 Å². The molecule has 38 heavy (non-hydrogen) atoms. The van der Waals surface area contributed by atoms with Crippen molar-refractivity contribution in [2.75, 3.05) is 13.2 Å². The number of aromatic nitrogens is 6. The highest BCUT2D eigenvalue weighted by Crippen LogP contribution is 2.39. The van der Waals surface area contributed by atoms with Gasteiger partial charge in [0.05, 0.1) is 18.3 Å². The molecule has 0 aliphatic heterocycles. The molecule has 2 unspecified atom stereocenters. The van der Waals surface area contributed by atoms with E-state index in [2.05, 4.69) is 59.2 Å². The lowest BCUT2D eigenvalue weighted by molar-refractivity contribution is -0.137. The number of nitrogens with zero attached hydrogens (tertiary/aromatic N) is 7. The second kappa shape index (κ2) is 12.1. The first-order valence-electron chi connectivity index (χ1n) is 12.8. The molecule has 4 rings (SSSR count). The first-order chi connectivity index (χ1) is 18.3. The minimum absolute atomic E-state index is 0.0150. The SMILES string of the molecule is CC(C)(C)C(c1nc(-c2ccccc2)cn1Cc1ccccc1)N(CCC(N)CO)C(=O)Cn1cnnn1. The Labute approximate surface area is 223 Å². The Hall–Kier alpha value is -3.89. The van der Waals surface area contributed by atoms with Crippen LogP contribution in [-0.2, 0) is 17.9 Å². The zero-order valence-corrected chi connectivity index (χ0v) is 22.2. The summed E-state index contributed by atoms with van der Waals surface area (Å²) in [5.41, 5.74) is 8.66. The summed E-state index contributed by atoms with van der Waals surface area (Å²) in [5, 5.41) is 20.8. The summed E-state index contributed by atoms with van der Waals surface area (Å²) in [7, 11) is 0. The van der Waals surface area contributed by atoms with Crippen molar-refractivity contribution >= 4 is 5.91 Å². The molecule has 2 heterocycles. The van der Waals surface area contributed by atoms with Crippen LogP contribution in [0.5, 0.6) is 0 Å². The standard InChI is InChI=1S/C28H36N8O2/c1-28(2,3)26(36(15-14-23(29)19-37)25(38)18-35-20-30-32-33-35)27-31-24(22-12-8-5-9-13-22)17-34(27)16-21-10-6-4-7-11-21/h4-13,17,20,23,26,37H,14-16,18-19,29H2,1-3H3. The Bertz CT molecular complexity index is 1280. The average molecular weight is 517 g/mol. The Balaban J connectivity index is 1.81. The fraction of sp³-hybridized carbons (Fsp3) is 0.393. The molecule has 10 heteroatoms. The molecule has 0 bridgehead atoms. The molecule has 2 aromatic carbocycles. The van der Waals surface area contributed by atoms with Crippen LogP contribution >= 0.6 is 0 Å². The largest absolute Gasteiger partial charge is 0.395 e. The number of hydrogen-bond donors (Lipinski definition) is 2. The lowest BCUT2D eigenvalue weighted by Gasteiger charge is -2.40. The number of benzene rings is 2. The Morgan fingerprint density at radius 3 is 2.37 bits per heavy atom. The first kappa shape index (κ1) is 27.2. The summed E-state index contributed by atoms with van der Waals surface area (Å²) < 4.78 is 3.55. The van der Waals surface area contributed by atoms with Crippen LogP contribution in [0.15, 0.2) is 73.2 Å². The van der Waals surface area contributed by atoms with Crippen molar-refractivity contribution in [1.82, 2.24) is 34.7 Å². The Morgan fingerprint density at radius 2 is 1.76 bits per heavy atom. The topological polar surface area (TPSA) is 128 Å². The Kier molecular flexibility index (Phi) is 8.65. The summed E-state index contributed by atoms with van der Waals surface area (Å²) in [4.78, 5) is 20.7. The van der Waals surface area contributed by atoms with E-state index in [9.17, 15) is 9.90 Å². The third kappa shape index (κ3) is 6.70. The van der Waals surface area contributed by atoms with Crippen LogP contribution in [0.2, 0.25) is 0 Å².